The van der Waals surface area contributed by atoms with Crippen molar-refractivity contribution in [2.24, 2.45) is 15.7 Å². The second-order valence-corrected chi connectivity index (χ2v) is 14.3. The predicted molar refractivity (Wildman–Crippen MR) is 232 cm³/mol. The molecule has 0 aliphatic heterocycles. The lowest BCUT2D eigenvalue weighted by atomic mass is 9.67. The average Bonchev–Trinajstić information content (AvgIpc) is 3.77. The van der Waals surface area contributed by atoms with Crippen molar-refractivity contribution in [1.29, 1.82) is 0 Å². The van der Waals surface area contributed by atoms with Crippen LogP contribution in [0.15, 0.2) is 216 Å². The van der Waals surface area contributed by atoms with E-state index < -0.39 is 5.41 Å². The number of fused-ring (bicyclic) bond motifs is 6. The summed E-state index contributed by atoms with van der Waals surface area (Å²) in [4.78, 5) is 9.79. The largest absolute Gasteiger partial charge is 0.383 e. The Morgan fingerprint density at radius 3 is 1.71 bits per heavy atom. The summed E-state index contributed by atoms with van der Waals surface area (Å²) in [6.07, 6.45) is 0. The van der Waals surface area contributed by atoms with Gasteiger partial charge in [-0.2, -0.15) is 0 Å². The number of aliphatic imine (C=N–C) groups is 2. The summed E-state index contributed by atoms with van der Waals surface area (Å²) in [5.41, 5.74) is 20.0. The number of hydrogen-bond acceptors (Lipinski definition) is 1. The molecule has 1 heterocycles. The predicted octanol–water partition coefficient (Wildman–Crippen LogP) is 11.5. The molecule has 1 aromatic heterocycles. The zero-order valence-electron chi connectivity index (χ0n) is 30.8. The summed E-state index contributed by atoms with van der Waals surface area (Å²) < 4.78 is 2.41. The van der Waals surface area contributed by atoms with Crippen molar-refractivity contribution in [2.75, 3.05) is 0 Å². The Morgan fingerprint density at radius 1 is 0.482 bits per heavy atom. The van der Waals surface area contributed by atoms with Gasteiger partial charge in [-0.3, -0.25) is 4.99 Å². The smallest absolute Gasteiger partial charge is 0.157 e. The molecule has 0 radical (unpaired) electrons. The number of nitrogens with zero attached hydrogens (tertiary/aromatic N) is 3. The van der Waals surface area contributed by atoms with Crippen molar-refractivity contribution >= 4 is 33.5 Å². The molecule has 0 saturated carbocycles. The Bertz CT molecular complexity index is 2880. The maximum atomic E-state index is 6.47. The topological polar surface area (TPSA) is 55.7 Å². The van der Waals surface area contributed by atoms with E-state index in [0.717, 1.165) is 22.4 Å². The van der Waals surface area contributed by atoms with E-state index in [9.17, 15) is 0 Å². The first-order chi connectivity index (χ1) is 27.7. The van der Waals surface area contributed by atoms with E-state index in [1.165, 1.54) is 55.2 Å². The minimum Gasteiger partial charge on any atom is -0.383 e. The lowest BCUT2D eigenvalue weighted by molar-refractivity contribution is 0.769. The number of amidine groups is 2. The van der Waals surface area contributed by atoms with E-state index in [1.807, 2.05) is 60.7 Å². The molecule has 4 nitrogen and oxygen atoms in total. The van der Waals surface area contributed by atoms with Gasteiger partial charge in [-0.05, 0) is 63.2 Å². The molecule has 0 amide bonds. The molecule has 0 fully saturated rings. The molecule has 56 heavy (non-hydrogen) atoms. The Kier molecular flexibility index (Phi) is 8.23. The van der Waals surface area contributed by atoms with E-state index in [1.54, 1.807) is 0 Å². The van der Waals surface area contributed by atoms with Gasteiger partial charge in [0.1, 0.15) is 5.84 Å². The Balaban J connectivity index is 1.10. The fourth-order valence-corrected chi connectivity index (χ4v) is 8.68. The summed E-state index contributed by atoms with van der Waals surface area (Å²) in [5, 5.41) is 2.45. The molecule has 0 bridgehead atoms. The number of aromatic nitrogens is 1. The molecule has 1 aliphatic carbocycles. The molecular weight excluding hydrogens is 681 g/mol. The van der Waals surface area contributed by atoms with Crippen molar-refractivity contribution in [3.8, 4) is 16.8 Å². The summed E-state index contributed by atoms with van der Waals surface area (Å²) >= 11 is 0. The molecule has 4 heteroatoms. The molecule has 2 N–H and O–H groups in total. The van der Waals surface area contributed by atoms with E-state index in [-0.39, 0.29) is 0 Å². The first-order valence-electron chi connectivity index (χ1n) is 19.1. The lowest BCUT2D eigenvalue weighted by Crippen LogP contribution is -2.28. The molecule has 266 valence electrons. The van der Waals surface area contributed by atoms with Gasteiger partial charge in [-0.25, -0.2) is 4.99 Å². The van der Waals surface area contributed by atoms with Crippen molar-refractivity contribution in [2.45, 2.75) is 12.0 Å². The Morgan fingerprint density at radius 2 is 1.04 bits per heavy atom. The third-order valence-corrected chi connectivity index (χ3v) is 11.2. The van der Waals surface area contributed by atoms with E-state index in [2.05, 4.69) is 150 Å². The van der Waals surface area contributed by atoms with E-state index in [0.29, 0.717) is 18.2 Å². The van der Waals surface area contributed by atoms with Gasteiger partial charge in [0, 0.05) is 27.6 Å². The molecule has 10 rings (SSSR count). The van der Waals surface area contributed by atoms with Gasteiger partial charge in [0.15, 0.2) is 5.84 Å². The number of para-hydroxylation sites is 1. The van der Waals surface area contributed by atoms with E-state index >= 15 is 0 Å². The van der Waals surface area contributed by atoms with Crippen molar-refractivity contribution in [3.63, 3.8) is 0 Å². The molecule has 0 saturated heterocycles. The lowest BCUT2D eigenvalue weighted by Gasteiger charge is -2.34. The Labute approximate surface area is 326 Å². The molecular formula is C52H38N4. The minimum absolute atomic E-state index is 0.438. The second-order valence-electron chi connectivity index (χ2n) is 14.3. The summed E-state index contributed by atoms with van der Waals surface area (Å²) in [6, 6.07) is 73.3. The minimum atomic E-state index is -0.478. The standard InChI is InChI=1S/C52H38N4/c53-50(37-16-4-1-5-17-37)55-51(38-18-6-2-7-19-38)54-35-36-28-31-41(32-29-36)56-48-27-15-12-24-44(48)45-33-30-40(34-49(45)56)52(39-20-8-3-9-21-39)46-25-13-10-22-42(46)43-23-11-14-26-47(43)52/h1-34H,35H2,(H2,53,54,55). The molecule has 0 spiro atoms. The highest BCUT2D eigenvalue weighted by Crippen LogP contribution is 2.56. The van der Waals surface area contributed by atoms with Gasteiger partial charge in [0.2, 0.25) is 0 Å². The first kappa shape index (κ1) is 33.3. The van der Waals surface area contributed by atoms with Crippen LogP contribution < -0.4 is 5.73 Å². The zero-order chi connectivity index (χ0) is 37.5. The molecule has 9 aromatic rings. The highest BCUT2D eigenvalue weighted by molar-refractivity contribution is 6.11. The average molecular weight is 719 g/mol. The van der Waals surface area contributed by atoms with Crippen LogP contribution in [0, 0.1) is 0 Å². The number of nitrogens with two attached hydrogens (primary N) is 1. The SMILES string of the molecule is N/C(=N\C(=N/Cc1ccc(-n2c3ccccc3c3ccc(C4(c5ccccc5)c5ccccc5-c5ccccc54)cc32)cc1)c1ccccc1)c1ccccc1. The third kappa shape index (κ3) is 5.46. The van der Waals surface area contributed by atoms with Crippen LogP contribution >= 0.6 is 0 Å². The summed E-state index contributed by atoms with van der Waals surface area (Å²) in [7, 11) is 0. The first-order valence-corrected chi connectivity index (χ1v) is 19.1. The van der Waals surface area contributed by atoms with Gasteiger partial charge in [0.05, 0.1) is 23.0 Å². The van der Waals surface area contributed by atoms with Crippen LogP contribution in [0.2, 0.25) is 0 Å². The van der Waals surface area contributed by atoms with Crippen LogP contribution in [0.4, 0.5) is 0 Å². The van der Waals surface area contributed by atoms with Crippen LogP contribution in [0.25, 0.3) is 38.6 Å². The van der Waals surface area contributed by atoms with Crippen LogP contribution in [-0.4, -0.2) is 16.2 Å². The van der Waals surface area contributed by atoms with Gasteiger partial charge in [-0.15, -0.1) is 0 Å². The number of hydrogen-bond donors (Lipinski definition) is 1. The fraction of sp³-hybridized carbons (Fsp3) is 0.0385. The highest BCUT2D eigenvalue weighted by atomic mass is 15.0. The van der Waals surface area contributed by atoms with E-state index in [4.69, 9.17) is 15.7 Å². The highest BCUT2D eigenvalue weighted by Gasteiger charge is 2.46. The molecule has 0 unspecified atom stereocenters. The second kappa shape index (κ2) is 13.8. The van der Waals surface area contributed by atoms with Crippen LogP contribution in [0.3, 0.4) is 0 Å². The van der Waals surface area contributed by atoms with Crippen LogP contribution in [-0.2, 0) is 12.0 Å². The van der Waals surface area contributed by atoms with Crippen molar-refractivity contribution in [3.05, 3.63) is 245 Å². The van der Waals surface area contributed by atoms with Gasteiger partial charge < -0.3 is 10.3 Å². The van der Waals surface area contributed by atoms with Crippen LogP contribution in [0.1, 0.15) is 38.9 Å². The van der Waals surface area contributed by atoms with Crippen molar-refractivity contribution in [1.82, 2.24) is 4.57 Å². The van der Waals surface area contributed by atoms with Gasteiger partial charge >= 0.3 is 0 Å². The van der Waals surface area contributed by atoms with Crippen LogP contribution in [0.5, 0.6) is 0 Å². The third-order valence-electron chi connectivity index (χ3n) is 11.2. The fourth-order valence-electron chi connectivity index (χ4n) is 8.68. The maximum absolute atomic E-state index is 6.47. The number of rotatable bonds is 7. The Hall–Kier alpha value is -7.30. The van der Waals surface area contributed by atoms with Crippen molar-refractivity contribution < 1.29 is 0 Å². The summed E-state index contributed by atoms with van der Waals surface area (Å²) in [6.45, 7) is 0.464. The quantitative estimate of drug-likeness (QED) is 0.129. The molecule has 8 aromatic carbocycles. The normalized spacial score (nSPS) is 13.5. The zero-order valence-corrected chi connectivity index (χ0v) is 30.8. The summed E-state index contributed by atoms with van der Waals surface area (Å²) in [5.74, 6) is 1.04. The maximum Gasteiger partial charge on any atom is 0.157 e. The van der Waals surface area contributed by atoms with Gasteiger partial charge in [-0.1, -0.05) is 182 Å². The van der Waals surface area contributed by atoms with Gasteiger partial charge in [0.25, 0.3) is 0 Å². The number of benzene rings is 8. The monoisotopic (exact) mass is 718 g/mol. The molecule has 0 atom stereocenters. The molecule has 1 aliphatic rings.